The fourth-order valence-electron chi connectivity index (χ4n) is 1.35. The first-order valence-electron chi connectivity index (χ1n) is 4.23. The van der Waals surface area contributed by atoms with E-state index in [1.165, 1.54) is 0 Å². The molecule has 0 aliphatic carbocycles. The van der Waals surface area contributed by atoms with Gasteiger partial charge in [-0.2, -0.15) is 0 Å². The molecule has 0 aromatic carbocycles. The van der Waals surface area contributed by atoms with E-state index in [2.05, 4.69) is 9.97 Å². The lowest BCUT2D eigenvalue weighted by molar-refractivity contribution is 0.193. The van der Waals surface area contributed by atoms with Crippen LogP contribution in [0.25, 0.3) is 0 Å². The topological polar surface area (TPSA) is 87.0 Å². The van der Waals surface area contributed by atoms with E-state index < -0.39 is 0 Å². The van der Waals surface area contributed by atoms with Crippen molar-refractivity contribution in [2.24, 2.45) is 0 Å². The predicted octanol–water partition coefficient (Wildman–Crippen LogP) is 0.145. The van der Waals surface area contributed by atoms with E-state index >= 15 is 0 Å². The molecule has 1 aromatic rings. The number of aromatic nitrogens is 2. The summed E-state index contributed by atoms with van der Waals surface area (Å²) in [7, 11) is 0. The smallest absolute Gasteiger partial charge is 0.150 e. The molecule has 1 aliphatic heterocycles. The fraction of sp³-hybridized carbons (Fsp3) is 0.500. The van der Waals surface area contributed by atoms with Crippen molar-refractivity contribution in [3.05, 3.63) is 12.0 Å². The van der Waals surface area contributed by atoms with Crippen LogP contribution in [0.2, 0.25) is 0 Å². The molecule has 2 heterocycles. The van der Waals surface area contributed by atoms with E-state index in [0.29, 0.717) is 18.1 Å². The van der Waals surface area contributed by atoms with Crippen LogP contribution < -0.4 is 11.5 Å². The average Bonchev–Trinajstić information content (AvgIpc) is 2.62. The Morgan fingerprint density at radius 2 is 2.31 bits per heavy atom. The minimum atomic E-state index is 0.280. The molecule has 1 atom stereocenters. The molecule has 0 amide bonds. The summed E-state index contributed by atoms with van der Waals surface area (Å²) < 4.78 is 5.23. The molecule has 1 fully saturated rings. The third-order valence-corrected chi connectivity index (χ3v) is 2.16. The van der Waals surface area contributed by atoms with Gasteiger partial charge in [0.05, 0.1) is 18.5 Å². The van der Waals surface area contributed by atoms with Crippen LogP contribution in [0.5, 0.6) is 0 Å². The summed E-state index contributed by atoms with van der Waals surface area (Å²) in [4.78, 5) is 8.24. The van der Waals surface area contributed by atoms with Gasteiger partial charge in [-0.3, -0.25) is 0 Å². The second-order valence-electron chi connectivity index (χ2n) is 3.13. The summed E-state index contributed by atoms with van der Waals surface area (Å²) >= 11 is 0. The number of nitrogen functional groups attached to an aromatic ring is 2. The van der Waals surface area contributed by atoms with Crippen LogP contribution in [0.1, 0.15) is 18.2 Å². The highest BCUT2D eigenvalue weighted by Gasteiger charge is 2.20. The van der Waals surface area contributed by atoms with Crippen molar-refractivity contribution in [1.82, 2.24) is 9.97 Å². The van der Waals surface area contributed by atoms with Gasteiger partial charge in [-0.1, -0.05) is 0 Å². The third-order valence-electron chi connectivity index (χ3n) is 2.16. The molecule has 5 heteroatoms. The normalized spacial score (nSPS) is 22.0. The summed E-state index contributed by atoms with van der Waals surface area (Å²) in [5.41, 5.74) is 11.5. The van der Waals surface area contributed by atoms with Crippen LogP contribution in [-0.2, 0) is 4.74 Å². The summed E-state index contributed by atoms with van der Waals surface area (Å²) in [6, 6.07) is 0. The molecule has 13 heavy (non-hydrogen) atoms. The van der Waals surface area contributed by atoms with Crippen molar-refractivity contribution in [3.8, 4) is 0 Å². The lowest BCUT2D eigenvalue weighted by atomic mass is 10.1. The van der Waals surface area contributed by atoms with Gasteiger partial charge in [0.1, 0.15) is 11.6 Å². The lowest BCUT2D eigenvalue weighted by Gasteiger charge is -2.06. The first-order chi connectivity index (χ1) is 6.27. The van der Waals surface area contributed by atoms with Gasteiger partial charge >= 0.3 is 0 Å². The maximum Gasteiger partial charge on any atom is 0.150 e. The molecule has 1 aromatic heterocycles. The van der Waals surface area contributed by atoms with Crippen LogP contribution in [0.15, 0.2) is 6.20 Å². The van der Waals surface area contributed by atoms with Crippen LogP contribution in [0, 0.1) is 0 Å². The summed E-state index contributed by atoms with van der Waals surface area (Å²) in [5, 5.41) is 0. The van der Waals surface area contributed by atoms with Crippen molar-refractivity contribution >= 4 is 11.5 Å². The van der Waals surface area contributed by atoms with Gasteiger partial charge in [-0.15, -0.1) is 0 Å². The van der Waals surface area contributed by atoms with Gasteiger partial charge in [-0.25, -0.2) is 9.97 Å². The second kappa shape index (κ2) is 3.18. The van der Waals surface area contributed by atoms with Crippen LogP contribution in [-0.4, -0.2) is 23.2 Å². The highest BCUT2D eigenvalue weighted by Crippen LogP contribution is 2.23. The van der Waals surface area contributed by atoms with Crippen molar-refractivity contribution in [3.63, 3.8) is 0 Å². The molecule has 0 saturated carbocycles. The van der Waals surface area contributed by atoms with Crippen LogP contribution >= 0.6 is 0 Å². The van der Waals surface area contributed by atoms with E-state index in [-0.39, 0.29) is 5.92 Å². The maximum absolute atomic E-state index is 5.57. The Bertz CT molecular complexity index is 309. The highest BCUT2D eigenvalue weighted by molar-refractivity contribution is 5.56. The van der Waals surface area contributed by atoms with E-state index in [1.54, 1.807) is 6.20 Å². The van der Waals surface area contributed by atoms with Crippen molar-refractivity contribution < 1.29 is 4.74 Å². The van der Waals surface area contributed by atoms with Crippen molar-refractivity contribution in [1.29, 1.82) is 0 Å². The van der Waals surface area contributed by atoms with Gasteiger partial charge in [0, 0.05) is 12.5 Å². The molecule has 1 saturated heterocycles. The third kappa shape index (κ3) is 1.55. The van der Waals surface area contributed by atoms with Crippen LogP contribution in [0.4, 0.5) is 11.5 Å². The lowest BCUT2D eigenvalue weighted by Crippen LogP contribution is -2.08. The summed E-state index contributed by atoms with van der Waals surface area (Å²) in [6.45, 7) is 1.46. The Labute approximate surface area is 76.1 Å². The summed E-state index contributed by atoms with van der Waals surface area (Å²) in [5.74, 6) is 1.38. The Kier molecular flexibility index (Phi) is 2.02. The molecule has 5 nitrogen and oxygen atoms in total. The zero-order chi connectivity index (χ0) is 9.26. The highest BCUT2D eigenvalue weighted by atomic mass is 16.5. The van der Waals surface area contributed by atoms with Gasteiger partial charge in [-0.05, 0) is 6.42 Å². The molecule has 70 valence electrons. The minimum Gasteiger partial charge on any atom is -0.394 e. The molecule has 0 spiro atoms. The minimum absolute atomic E-state index is 0.280. The predicted molar refractivity (Wildman–Crippen MR) is 49.0 cm³/mol. The maximum atomic E-state index is 5.57. The first-order valence-corrected chi connectivity index (χ1v) is 4.23. The number of ether oxygens (including phenoxy) is 1. The Balaban J connectivity index is 2.25. The van der Waals surface area contributed by atoms with E-state index in [9.17, 15) is 0 Å². The Hall–Kier alpha value is -1.36. The molecule has 1 aliphatic rings. The van der Waals surface area contributed by atoms with E-state index in [4.69, 9.17) is 16.2 Å². The number of hydrogen-bond acceptors (Lipinski definition) is 5. The van der Waals surface area contributed by atoms with E-state index in [0.717, 1.165) is 18.9 Å². The molecule has 0 bridgehead atoms. The molecule has 1 unspecified atom stereocenters. The van der Waals surface area contributed by atoms with Gasteiger partial charge in [0.15, 0.2) is 0 Å². The largest absolute Gasteiger partial charge is 0.394 e. The Morgan fingerprint density at radius 3 is 2.92 bits per heavy atom. The van der Waals surface area contributed by atoms with Gasteiger partial charge < -0.3 is 16.2 Å². The van der Waals surface area contributed by atoms with E-state index in [1.807, 2.05) is 0 Å². The zero-order valence-electron chi connectivity index (χ0n) is 7.23. The number of anilines is 2. The SMILES string of the molecule is Nc1cnc(C2CCOC2)nc1N. The Morgan fingerprint density at radius 1 is 1.46 bits per heavy atom. The van der Waals surface area contributed by atoms with Crippen molar-refractivity contribution in [2.45, 2.75) is 12.3 Å². The number of rotatable bonds is 1. The number of nitrogens with zero attached hydrogens (tertiary/aromatic N) is 2. The molecular weight excluding hydrogens is 168 g/mol. The monoisotopic (exact) mass is 180 g/mol. The van der Waals surface area contributed by atoms with Gasteiger partial charge in [0.2, 0.25) is 0 Å². The summed E-state index contributed by atoms with van der Waals surface area (Å²) in [6.07, 6.45) is 2.51. The molecule has 0 radical (unpaired) electrons. The average molecular weight is 180 g/mol. The standard InChI is InChI=1S/C8H12N4O/c9-6-3-11-8(12-7(6)10)5-1-2-13-4-5/h3,5H,1-2,4,9H2,(H2,10,11,12). The fourth-order valence-corrected chi connectivity index (χ4v) is 1.35. The van der Waals surface area contributed by atoms with Gasteiger partial charge in [0.25, 0.3) is 0 Å². The first kappa shape index (κ1) is 8.25. The molecule has 2 rings (SSSR count). The van der Waals surface area contributed by atoms with Crippen LogP contribution in [0.3, 0.4) is 0 Å². The molecule has 4 N–H and O–H groups in total. The van der Waals surface area contributed by atoms with Crippen molar-refractivity contribution in [2.75, 3.05) is 24.7 Å². The zero-order valence-corrected chi connectivity index (χ0v) is 7.23. The molecular formula is C8H12N4O. The second-order valence-corrected chi connectivity index (χ2v) is 3.13. The number of nitrogens with two attached hydrogens (primary N) is 2. The quantitative estimate of drug-likeness (QED) is 0.642. The number of hydrogen-bond donors (Lipinski definition) is 2.